The second-order valence-electron chi connectivity index (χ2n) is 17.8. The molecular formula is C53H101NO5. The van der Waals surface area contributed by atoms with Gasteiger partial charge in [0.05, 0.1) is 18.8 Å². The average molecular weight is 832 g/mol. The van der Waals surface area contributed by atoms with E-state index in [-0.39, 0.29) is 0 Å². The summed E-state index contributed by atoms with van der Waals surface area (Å²) in [5.41, 5.74) is 0. The molecule has 4 atom stereocenters. The minimum Gasteiger partial charge on any atom is -0.394 e. The van der Waals surface area contributed by atoms with Gasteiger partial charge in [-0.25, -0.2) is 0 Å². The van der Waals surface area contributed by atoms with Crippen LogP contribution in [0, 0.1) is 0 Å². The standard InChI is InChI=1S/C53H101NO5/c1-3-5-7-9-11-13-15-16-17-18-19-20-21-22-23-24-25-26-27-28-29-30-31-32-33-34-35-37-38-40-42-44-46-50(56)52(58)49(48-55)54-53(59)51(57)47-45-43-41-39-36-14-12-10-8-6-4-2/h12,14,33-34,38,40,49-52,55-58H,3-11,13,15-32,35-37,39,41-48H2,1-2H3,(H,54,59)/b14-12-,34-33+,40-38+. The van der Waals surface area contributed by atoms with Gasteiger partial charge in [0.1, 0.15) is 12.2 Å². The van der Waals surface area contributed by atoms with Crippen LogP contribution in [-0.4, -0.2) is 57.3 Å². The van der Waals surface area contributed by atoms with Crippen LogP contribution in [0.5, 0.6) is 0 Å². The monoisotopic (exact) mass is 832 g/mol. The normalized spacial score (nSPS) is 14.2. The Balaban J connectivity index is 3.63. The third-order valence-corrected chi connectivity index (χ3v) is 12.1. The first-order valence-electron chi connectivity index (χ1n) is 25.9. The summed E-state index contributed by atoms with van der Waals surface area (Å²) in [6, 6.07) is -1.01. The van der Waals surface area contributed by atoms with E-state index in [0.717, 1.165) is 57.8 Å². The van der Waals surface area contributed by atoms with Gasteiger partial charge in [-0.2, -0.15) is 0 Å². The maximum Gasteiger partial charge on any atom is 0.249 e. The van der Waals surface area contributed by atoms with Crippen molar-refractivity contribution in [3.63, 3.8) is 0 Å². The fourth-order valence-corrected chi connectivity index (χ4v) is 7.95. The number of aliphatic hydroxyl groups excluding tert-OH is 4. The molecule has 0 aliphatic rings. The first-order chi connectivity index (χ1) is 29.0. The topological polar surface area (TPSA) is 110 Å². The highest BCUT2D eigenvalue weighted by molar-refractivity contribution is 5.80. The predicted octanol–water partition coefficient (Wildman–Crippen LogP) is 14.5. The molecule has 59 heavy (non-hydrogen) atoms. The van der Waals surface area contributed by atoms with Gasteiger partial charge in [-0.1, -0.05) is 224 Å². The van der Waals surface area contributed by atoms with Crippen LogP contribution >= 0.6 is 0 Å². The molecule has 4 unspecified atom stereocenters. The van der Waals surface area contributed by atoms with Crippen LogP contribution in [0.3, 0.4) is 0 Å². The molecule has 0 rings (SSSR count). The summed E-state index contributed by atoms with van der Waals surface area (Å²) in [6.45, 7) is 4.01. The van der Waals surface area contributed by atoms with Crippen molar-refractivity contribution in [1.82, 2.24) is 5.32 Å². The Kier molecular flexibility index (Phi) is 46.4. The molecule has 348 valence electrons. The van der Waals surface area contributed by atoms with Crippen molar-refractivity contribution >= 4 is 5.91 Å². The number of carbonyl (C=O) groups excluding carboxylic acids is 1. The van der Waals surface area contributed by atoms with Crippen molar-refractivity contribution in [2.75, 3.05) is 6.61 Å². The van der Waals surface area contributed by atoms with Crippen molar-refractivity contribution in [2.45, 2.75) is 289 Å². The summed E-state index contributed by atoms with van der Waals surface area (Å²) < 4.78 is 0. The van der Waals surface area contributed by atoms with Crippen molar-refractivity contribution in [3.05, 3.63) is 36.5 Å². The van der Waals surface area contributed by atoms with E-state index < -0.39 is 36.9 Å². The molecule has 6 nitrogen and oxygen atoms in total. The third kappa shape index (κ3) is 41.6. The van der Waals surface area contributed by atoms with Crippen molar-refractivity contribution in [2.24, 2.45) is 0 Å². The van der Waals surface area contributed by atoms with E-state index in [1.54, 1.807) is 0 Å². The molecule has 0 aliphatic carbocycles. The molecule has 6 heteroatoms. The zero-order valence-corrected chi connectivity index (χ0v) is 39.3. The lowest BCUT2D eigenvalue weighted by molar-refractivity contribution is -0.132. The maximum absolute atomic E-state index is 12.5. The highest BCUT2D eigenvalue weighted by Gasteiger charge is 2.28. The highest BCUT2D eigenvalue weighted by atomic mass is 16.3. The second-order valence-corrected chi connectivity index (χ2v) is 17.8. The van der Waals surface area contributed by atoms with E-state index in [0.29, 0.717) is 19.3 Å². The molecule has 0 radical (unpaired) electrons. The molecular weight excluding hydrogens is 731 g/mol. The van der Waals surface area contributed by atoms with Gasteiger partial charge in [0, 0.05) is 0 Å². The fourth-order valence-electron chi connectivity index (χ4n) is 7.95. The number of unbranched alkanes of at least 4 members (excludes halogenated alkanes) is 32. The summed E-state index contributed by atoms with van der Waals surface area (Å²) in [6.07, 6.45) is 58.0. The number of nitrogens with one attached hydrogen (secondary N) is 1. The van der Waals surface area contributed by atoms with Gasteiger partial charge in [0.25, 0.3) is 0 Å². The van der Waals surface area contributed by atoms with Crippen LogP contribution in [0.1, 0.15) is 264 Å². The van der Waals surface area contributed by atoms with E-state index in [2.05, 4.69) is 55.6 Å². The van der Waals surface area contributed by atoms with Crippen LogP contribution in [0.4, 0.5) is 0 Å². The Morgan fingerprint density at radius 3 is 1.10 bits per heavy atom. The van der Waals surface area contributed by atoms with Gasteiger partial charge in [-0.15, -0.1) is 0 Å². The van der Waals surface area contributed by atoms with Crippen LogP contribution in [0.15, 0.2) is 36.5 Å². The van der Waals surface area contributed by atoms with Gasteiger partial charge < -0.3 is 25.7 Å². The summed E-state index contributed by atoms with van der Waals surface area (Å²) >= 11 is 0. The van der Waals surface area contributed by atoms with E-state index in [1.165, 1.54) is 173 Å². The minimum absolute atomic E-state index is 0.345. The van der Waals surface area contributed by atoms with Crippen molar-refractivity contribution in [1.29, 1.82) is 0 Å². The van der Waals surface area contributed by atoms with Crippen LogP contribution in [-0.2, 0) is 4.79 Å². The van der Waals surface area contributed by atoms with E-state index >= 15 is 0 Å². The third-order valence-electron chi connectivity index (χ3n) is 12.1. The SMILES string of the molecule is CCCCC/C=C\CCCCCCC(O)C(=O)NC(CO)C(O)C(O)CCC/C=C/CC/C=C/CCCCCCCCCCCCCCCCCCCCCCCCC. The lowest BCUT2D eigenvalue weighted by Gasteiger charge is -2.27. The van der Waals surface area contributed by atoms with E-state index in [4.69, 9.17) is 0 Å². The molecule has 0 aromatic heterocycles. The molecule has 0 aromatic carbocycles. The van der Waals surface area contributed by atoms with Gasteiger partial charge in [0.2, 0.25) is 5.91 Å². The molecule has 0 saturated carbocycles. The molecule has 0 saturated heterocycles. The second kappa shape index (κ2) is 47.6. The van der Waals surface area contributed by atoms with Gasteiger partial charge in [-0.3, -0.25) is 4.79 Å². The highest BCUT2D eigenvalue weighted by Crippen LogP contribution is 2.17. The Bertz CT molecular complexity index is 935. The largest absolute Gasteiger partial charge is 0.394 e. The quantitative estimate of drug-likeness (QED) is 0.0310. The number of aliphatic hydroxyl groups is 4. The number of hydrogen-bond acceptors (Lipinski definition) is 5. The molecule has 1 amide bonds. The lowest BCUT2D eigenvalue weighted by Crippen LogP contribution is -2.53. The Labute approximate surface area is 367 Å². The summed E-state index contributed by atoms with van der Waals surface area (Å²) in [7, 11) is 0. The van der Waals surface area contributed by atoms with Crippen LogP contribution in [0.2, 0.25) is 0 Å². The first-order valence-corrected chi connectivity index (χ1v) is 25.9. The zero-order chi connectivity index (χ0) is 43.1. The summed E-state index contributed by atoms with van der Waals surface area (Å²) in [5.74, 6) is -0.608. The molecule has 0 fully saturated rings. The molecule has 0 bridgehead atoms. The number of carbonyl (C=O) groups is 1. The Morgan fingerprint density at radius 1 is 0.407 bits per heavy atom. The number of amides is 1. The van der Waals surface area contributed by atoms with Crippen molar-refractivity contribution in [3.8, 4) is 0 Å². The predicted molar refractivity (Wildman–Crippen MR) is 256 cm³/mol. The van der Waals surface area contributed by atoms with E-state index in [1.807, 2.05) is 0 Å². The lowest BCUT2D eigenvalue weighted by atomic mass is 10.00. The van der Waals surface area contributed by atoms with Crippen LogP contribution in [0.25, 0.3) is 0 Å². The smallest absolute Gasteiger partial charge is 0.249 e. The Hall–Kier alpha value is -1.47. The van der Waals surface area contributed by atoms with Crippen molar-refractivity contribution < 1.29 is 25.2 Å². The number of allylic oxidation sites excluding steroid dienone is 6. The van der Waals surface area contributed by atoms with Gasteiger partial charge in [0.15, 0.2) is 0 Å². The zero-order valence-electron chi connectivity index (χ0n) is 39.3. The molecule has 0 spiro atoms. The number of hydrogen-bond donors (Lipinski definition) is 5. The minimum atomic E-state index is -1.29. The molecule has 0 aliphatic heterocycles. The average Bonchev–Trinajstić information content (AvgIpc) is 3.24. The van der Waals surface area contributed by atoms with Gasteiger partial charge in [-0.05, 0) is 77.0 Å². The molecule has 0 aromatic rings. The summed E-state index contributed by atoms with van der Waals surface area (Å²) in [5, 5.41) is 43.6. The summed E-state index contributed by atoms with van der Waals surface area (Å²) in [4.78, 5) is 12.5. The van der Waals surface area contributed by atoms with Gasteiger partial charge >= 0.3 is 0 Å². The number of rotatable bonds is 47. The molecule has 0 heterocycles. The first kappa shape index (κ1) is 57.5. The van der Waals surface area contributed by atoms with E-state index in [9.17, 15) is 25.2 Å². The maximum atomic E-state index is 12.5. The Morgan fingerprint density at radius 2 is 0.712 bits per heavy atom. The molecule has 5 N–H and O–H groups in total. The fraction of sp³-hybridized carbons (Fsp3) is 0.868. The van der Waals surface area contributed by atoms with Crippen LogP contribution < -0.4 is 5.32 Å².